The first kappa shape index (κ1) is 13.1. The number of hydrogen-bond acceptors (Lipinski definition) is 4. The summed E-state index contributed by atoms with van der Waals surface area (Å²) in [7, 11) is 0. The largest absolute Gasteiger partial charge is 0.347 e. The molecular weight excluding hydrogens is 250 g/mol. The van der Waals surface area contributed by atoms with E-state index in [-0.39, 0.29) is 0 Å². The quantitative estimate of drug-likeness (QED) is 0.919. The smallest absolute Gasteiger partial charge is 0.129 e. The van der Waals surface area contributed by atoms with E-state index in [1.54, 1.807) is 0 Å². The molecule has 0 fully saturated rings. The first-order valence-electron chi connectivity index (χ1n) is 7.25. The van der Waals surface area contributed by atoms with Gasteiger partial charge < -0.3 is 15.2 Å². The van der Waals surface area contributed by atoms with Crippen LogP contribution in [-0.2, 0) is 26.1 Å². The van der Waals surface area contributed by atoms with Gasteiger partial charge in [-0.2, -0.15) is 0 Å². The Bertz CT molecular complexity index is 590. The number of imidazole rings is 1. The zero-order valence-electron chi connectivity index (χ0n) is 11.9. The average molecular weight is 271 g/mol. The van der Waals surface area contributed by atoms with Crippen molar-refractivity contribution in [2.24, 2.45) is 5.73 Å². The summed E-state index contributed by atoms with van der Waals surface area (Å²) in [5, 5.41) is 0. The molecular formula is C15H21N5. The summed E-state index contributed by atoms with van der Waals surface area (Å²) in [6, 6.07) is 4.23. The summed E-state index contributed by atoms with van der Waals surface area (Å²) >= 11 is 0. The van der Waals surface area contributed by atoms with Gasteiger partial charge in [-0.1, -0.05) is 13.3 Å². The van der Waals surface area contributed by atoms with Crippen LogP contribution in [0.15, 0.2) is 24.5 Å². The van der Waals surface area contributed by atoms with E-state index in [1.807, 2.05) is 12.4 Å². The summed E-state index contributed by atoms with van der Waals surface area (Å²) < 4.78 is 2.20. The van der Waals surface area contributed by atoms with Crippen molar-refractivity contribution in [3.8, 4) is 0 Å². The van der Waals surface area contributed by atoms with Crippen molar-refractivity contribution in [3.63, 3.8) is 0 Å². The molecule has 0 spiro atoms. The normalized spacial score (nSPS) is 14.4. The van der Waals surface area contributed by atoms with Gasteiger partial charge in [-0.15, -0.1) is 0 Å². The molecule has 1 aliphatic rings. The predicted molar refractivity (Wildman–Crippen MR) is 79.4 cm³/mol. The van der Waals surface area contributed by atoms with Crippen molar-refractivity contribution < 1.29 is 0 Å². The molecule has 0 unspecified atom stereocenters. The molecule has 0 aliphatic carbocycles. The maximum atomic E-state index is 5.81. The third-order valence-corrected chi connectivity index (χ3v) is 3.74. The molecule has 106 valence electrons. The molecule has 5 heteroatoms. The summed E-state index contributed by atoms with van der Waals surface area (Å²) in [6.45, 7) is 5.49. The second-order valence-electron chi connectivity index (χ2n) is 5.24. The van der Waals surface area contributed by atoms with Gasteiger partial charge in [0.25, 0.3) is 0 Å². The fraction of sp³-hybridized carbons (Fsp3) is 0.467. The number of pyridine rings is 1. The molecule has 1 aliphatic heterocycles. The lowest BCUT2D eigenvalue weighted by Crippen LogP contribution is -2.34. The lowest BCUT2D eigenvalue weighted by atomic mass is 10.1. The van der Waals surface area contributed by atoms with Crippen LogP contribution in [-0.4, -0.2) is 21.1 Å². The van der Waals surface area contributed by atoms with Crippen LogP contribution in [0.1, 0.15) is 30.4 Å². The van der Waals surface area contributed by atoms with Crippen LogP contribution >= 0.6 is 0 Å². The van der Waals surface area contributed by atoms with Crippen molar-refractivity contribution in [2.45, 2.75) is 39.4 Å². The number of nitrogens with two attached hydrogens (primary N) is 1. The molecule has 20 heavy (non-hydrogen) atoms. The monoisotopic (exact) mass is 271 g/mol. The molecule has 3 heterocycles. The summed E-state index contributed by atoms with van der Waals surface area (Å²) in [5.41, 5.74) is 8.11. The molecule has 0 atom stereocenters. The Labute approximate surface area is 119 Å². The minimum absolute atomic E-state index is 0.564. The van der Waals surface area contributed by atoms with Gasteiger partial charge in [0.05, 0.1) is 6.54 Å². The van der Waals surface area contributed by atoms with Gasteiger partial charge >= 0.3 is 0 Å². The van der Waals surface area contributed by atoms with Gasteiger partial charge in [0.2, 0.25) is 0 Å². The molecule has 0 saturated heterocycles. The lowest BCUT2D eigenvalue weighted by molar-refractivity contribution is 0.555. The first-order chi connectivity index (χ1) is 9.80. The van der Waals surface area contributed by atoms with Gasteiger partial charge in [-0.25, -0.2) is 9.97 Å². The third-order valence-electron chi connectivity index (χ3n) is 3.74. The molecule has 0 amide bonds. The molecule has 3 rings (SSSR count). The molecule has 0 radical (unpaired) electrons. The fourth-order valence-corrected chi connectivity index (χ4v) is 2.67. The number of aryl methyl sites for hydroxylation is 1. The highest BCUT2D eigenvalue weighted by molar-refractivity contribution is 5.43. The van der Waals surface area contributed by atoms with E-state index in [0.29, 0.717) is 6.54 Å². The van der Waals surface area contributed by atoms with Crippen molar-refractivity contribution in [1.82, 2.24) is 14.5 Å². The second-order valence-corrected chi connectivity index (χ2v) is 5.24. The highest BCUT2D eigenvalue weighted by Crippen LogP contribution is 2.20. The first-order valence-corrected chi connectivity index (χ1v) is 7.25. The Morgan fingerprint density at radius 1 is 1.30 bits per heavy atom. The van der Waals surface area contributed by atoms with Gasteiger partial charge in [0.15, 0.2) is 0 Å². The van der Waals surface area contributed by atoms with Crippen LogP contribution in [0.5, 0.6) is 0 Å². The van der Waals surface area contributed by atoms with E-state index in [1.165, 1.54) is 0 Å². The van der Waals surface area contributed by atoms with Crippen LogP contribution in [0.2, 0.25) is 0 Å². The number of rotatable bonds is 4. The van der Waals surface area contributed by atoms with E-state index >= 15 is 0 Å². The minimum atomic E-state index is 0.564. The number of hydrogen-bond donors (Lipinski definition) is 1. The Morgan fingerprint density at radius 2 is 2.20 bits per heavy atom. The van der Waals surface area contributed by atoms with E-state index in [4.69, 9.17) is 10.7 Å². The molecule has 0 aromatic carbocycles. The van der Waals surface area contributed by atoms with Crippen LogP contribution in [0.3, 0.4) is 0 Å². The zero-order chi connectivity index (χ0) is 13.9. The van der Waals surface area contributed by atoms with Gasteiger partial charge in [0.1, 0.15) is 11.6 Å². The van der Waals surface area contributed by atoms with E-state index in [0.717, 1.165) is 55.4 Å². The molecule has 2 aromatic heterocycles. The van der Waals surface area contributed by atoms with E-state index in [2.05, 4.69) is 33.5 Å². The molecule has 0 saturated carbocycles. The van der Waals surface area contributed by atoms with Crippen molar-refractivity contribution in [3.05, 3.63) is 41.6 Å². The summed E-state index contributed by atoms with van der Waals surface area (Å²) in [5.74, 6) is 2.14. The standard InChI is InChI=1S/C15H21N5/c1-2-3-13-8-12(10-16)9-14(18-13)20-7-6-19-5-4-17-15(19)11-20/h4-5,8-9H,2-3,6-7,10-11,16H2,1H3. The lowest BCUT2D eigenvalue weighted by Gasteiger charge is -2.29. The number of fused-ring (bicyclic) bond motifs is 1. The van der Waals surface area contributed by atoms with Crippen LogP contribution < -0.4 is 10.6 Å². The van der Waals surface area contributed by atoms with Gasteiger partial charge in [-0.3, -0.25) is 0 Å². The molecule has 0 bridgehead atoms. The second kappa shape index (κ2) is 5.63. The Kier molecular flexibility index (Phi) is 3.69. The van der Waals surface area contributed by atoms with Crippen molar-refractivity contribution in [1.29, 1.82) is 0 Å². The Balaban J connectivity index is 1.88. The molecule has 2 N–H and O–H groups in total. The van der Waals surface area contributed by atoms with E-state index < -0.39 is 0 Å². The number of nitrogens with zero attached hydrogens (tertiary/aromatic N) is 4. The third kappa shape index (κ3) is 2.54. The Hall–Kier alpha value is -1.88. The SMILES string of the molecule is CCCc1cc(CN)cc(N2CCn3ccnc3C2)n1. The average Bonchev–Trinajstić information content (AvgIpc) is 2.94. The topological polar surface area (TPSA) is 60.0 Å². The van der Waals surface area contributed by atoms with Gasteiger partial charge in [0, 0.05) is 37.7 Å². The van der Waals surface area contributed by atoms with E-state index in [9.17, 15) is 0 Å². The Morgan fingerprint density at radius 3 is 3.00 bits per heavy atom. The maximum absolute atomic E-state index is 5.81. The van der Waals surface area contributed by atoms with Crippen LogP contribution in [0.25, 0.3) is 0 Å². The highest BCUT2D eigenvalue weighted by atomic mass is 15.3. The summed E-state index contributed by atoms with van der Waals surface area (Å²) in [6.07, 6.45) is 6.01. The van der Waals surface area contributed by atoms with Crippen molar-refractivity contribution >= 4 is 5.82 Å². The minimum Gasteiger partial charge on any atom is -0.347 e. The van der Waals surface area contributed by atoms with Gasteiger partial charge in [-0.05, 0) is 24.1 Å². The zero-order valence-corrected chi connectivity index (χ0v) is 11.9. The number of aromatic nitrogens is 3. The predicted octanol–water partition coefficient (Wildman–Crippen LogP) is 1.71. The summed E-state index contributed by atoms with van der Waals surface area (Å²) in [4.78, 5) is 11.5. The maximum Gasteiger partial charge on any atom is 0.129 e. The van der Waals surface area contributed by atoms with Crippen LogP contribution in [0.4, 0.5) is 5.82 Å². The fourth-order valence-electron chi connectivity index (χ4n) is 2.67. The molecule has 5 nitrogen and oxygen atoms in total. The van der Waals surface area contributed by atoms with Crippen LogP contribution in [0, 0.1) is 0 Å². The number of anilines is 1. The highest BCUT2D eigenvalue weighted by Gasteiger charge is 2.18. The van der Waals surface area contributed by atoms with Crippen molar-refractivity contribution in [2.75, 3.05) is 11.4 Å². The molecule has 2 aromatic rings.